The highest BCUT2D eigenvalue weighted by Gasteiger charge is 2.26. The topological polar surface area (TPSA) is 103 Å². The maximum Gasteiger partial charge on any atom is 0.286 e. The maximum absolute atomic E-state index is 12.1. The van der Waals surface area contributed by atoms with Crippen LogP contribution in [0, 0.1) is 5.92 Å². The van der Waals surface area contributed by atoms with Crippen LogP contribution in [0.15, 0.2) is 42.6 Å². The van der Waals surface area contributed by atoms with Crippen molar-refractivity contribution in [3.05, 3.63) is 53.9 Å². The van der Waals surface area contributed by atoms with Gasteiger partial charge >= 0.3 is 0 Å². The fourth-order valence-corrected chi connectivity index (χ4v) is 2.68. The Morgan fingerprint density at radius 1 is 1.12 bits per heavy atom. The second kappa shape index (κ2) is 6.99. The number of benzene rings is 1. The summed E-state index contributed by atoms with van der Waals surface area (Å²) < 4.78 is 0. The number of carbonyl (C=O) groups excluding carboxylic acids is 3. The minimum Gasteiger partial charge on any atom is -0.357 e. The Balaban J connectivity index is 1.46. The summed E-state index contributed by atoms with van der Waals surface area (Å²) in [5.74, 6) is -1.07. The van der Waals surface area contributed by atoms with Gasteiger partial charge in [0.25, 0.3) is 5.91 Å². The van der Waals surface area contributed by atoms with Crippen molar-refractivity contribution in [2.75, 3.05) is 5.32 Å². The molecule has 7 heteroatoms. The number of carbonyl (C=O) groups is 3. The Morgan fingerprint density at radius 3 is 2.75 bits per heavy atom. The molecule has 0 spiro atoms. The number of hydrazine groups is 1. The van der Waals surface area contributed by atoms with Gasteiger partial charge in [-0.1, -0.05) is 18.2 Å². The van der Waals surface area contributed by atoms with E-state index in [9.17, 15) is 14.4 Å². The molecule has 1 atom stereocenters. The van der Waals surface area contributed by atoms with Gasteiger partial charge in [0.15, 0.2) is 0 Å². The number of hydrogen-bond donors (Lipinski definition) is 4. The third-order valence-corrected chi connectivity index (χ3v) is 3.99. The zero-order chi connectivity index (χ0) is 16.9. The summed E-state index contributed by atoms with van der Waals surface area (Å²) in [4.78, 5) is 38.3. The van der Waals surface area contributed by atoms with Crippen molar-refractivity contribution in [1.29, 1.82) is 0 Å². The normalized spacial score (nSPS) is 16.0. The largest absolute Gasteiger partial charge is 0.357 e. The Hall–Kier alpha value is -3.09. The molecule has 1 aliphatic rings. The van der Waals surface area contributed by atoms with E-state index >= 15 is 0 Å². The number of fused-ring (bicyclic) bond motifs is 1. The molecule has 7 nitrogen and oxygen atoms in total. The number of anilines is 1. The van der Waals surface area contributed by atoms with Crippen molar-refractivity contribution in [3.63, 3.8) is 0 Å². The molecule has 1 aromatic heterocycles. The van der Waals surface area contributed by atoms with E-state index < -0.39 is 5.91 Å². The molecule has 0 radical (unpaired) electrons. The van der Waals surface area contributed by atoms with E-state index in [-0.39, 0.29) is 24.2 Å². The van der Waals surface area contributed by atoms with Crippen LogP contribution in [0.5, 0.6) is 0 Å². The highest BCUT2D eigenvalue weighted by molar-refractivity contribution is 5.96. The summed E-state index contributed by atoms with van der Waals surface area (Å²) in [5, 5.41) is 2.86. The molecule has 1 unspecified atom stereocenters. The number of para-hydroxylation sites is 1. The summed E-state index contributed by atoms with van der Waals surface area (Å²) in [6, 6.07) is 10.9. The predicted molar refractivity (Wildman–Crippen MR) is 87.9 cm³/mol. The minimum atomic E-state index is -0.419. The summed E-state index contributed by atoms with van der Waals surface area (Å²) in [6.07, 6.45) is 2.82. The van der Waals surface area contributed by atoms with Crippen LogP contribution in [0.4, 0.5) is 5.69 Å². The summed E-state index contributed by atoms with van der Waals surface area (Å²) in [5.41, 5.74) is 6.95. The fraction of sp³-hybridized carbons (Fsp3) is 0.235. The van der Waals surface area contributed by atoms with Gasteiger partial charge in [0.05, 0.1) is 0 Å². The van der Waals surface area contributed by atoms with Crippen LogP contribution in [0.25, 0.3) is 0 Å². The summed E-state index contributed by atoms with van der Waals surface area (Å²) in [6.45, 7) is 0. The second-order valence-corrected chi connectivity index (χ2v) is 5.67. The van der Waals surface area contributed by atoms with Gasteiger partial charge in [-0.15, -0.1) is 0 Å². The van der Waals surface area contributed by atoms with Crippen molar-refractivity contribution in [3.8, 4) is 0 Å². The lowest BCUT2D eigenvalue weighted by Gasteiger charge is -2.24. The van der Waals surface area contributed by atoms with Crippen molar-refractivity contribution < 1.29 is 14.4 Å². The summed E-state index contributed by atoms with van der Waals surface area (Å²) >= 11 is 0. The van der Waals surface area contributed by atoms with Gasteiger partial charge in [-0.3, -0.25) is 25.2 Å². The molecule has 1 aliphatic heterocycles. The molecule has 0 saturated heterocycles. The first-order chi connectivity index (χ1) is 11.6. The zero-order valence-electron chi connectivity index (χ0n) is 13.0. The molecule has 3 amide bonds. The highest BCUT2D eigenvalue weighted by atomic mass is 16.2. The molecule has 3 rings (SSSR count). The van der Waals surface area contributed by atoms with Gasteiger partial charge in [0.2, 0.25) is 11.8 Å². The van der Waals surface area contributed by atoms with E-state index in [1.807, 2.05) is 24.3 Å². The Kier molecular flexibility index (Phi) is 4.60. The minimum absolute atomic E-state index is 0.0723. The summed E-state index contributed by atoms with van der Waals surface area (Å²) in [7, 11) is 0. The quantitative estimate of drug-likeness (QED) is 0.638. The van der Waals surface area contributed by atoms with E-state index in [0.717, 1.165) is 11.3 Å². The van der Waals surface area contributed by atoms with Crippen molar-refractivity contribution in [2.45, 2.75) is 19.3 Å². The zero-order valence-corrected chi connectivity index (χ0v) is 13.0. The lowest BCUT2D eigenvalue weighted by Crippen LogP contribution is -2.42. The molecule has 0 saturated carbocycles. The van der Waals surface area contributed by atoms with Gasteiger partial charge in [-0.2, -0.15) is 0 Å². The first-order valence-corrected chi connectivity index (χ1v) is 7.75. The first kappa shape index (κ1) is 15.8. The van der Waals surface area contributed by atoms with E-state index in [1.54, 1.807) is 18.3 Å². The monoisotopic (exact) mass is 326 g/mol. The van der Waals surface area contributed by atoms with Crippen molar-refractivity contribution >= 4 is 23.4 Å². The number of H-pyrrole nitrogens is 1. The molecule has 124 valence electrons. The number of amides is 3. The second-order valence-electron chi connectivity index (χ2n) is 5.67. The Bertz CT molecular complexity index is 755. The van der Waals surface area contributed by atoms with Crippen LogP contribution in [0.1, 0.15) is 28.9 Å². The van der Waals surface area contributed by atoms with Crippen LogP contribution in [0.3, 0.4) is 0 Å². The maximum atomic E-state index is 12.1. The number of rotatable bonds is 4. The fourth-order valence-electron chi connectivity index (χ4n) is 2.68. The van der Waals surface area contributed by atoms with Gasteiger partial charge in [0.1, 0.15) is 5.69 Å². The van der Waals surface area contributed by atoms with Gasteiger partial charge < -0.3 is 10.3 Å². The van der Waals surface area contributed by atoms with Gasteiger partial charge in [0, 0.05) is 24.2 Å². The van der Waals surface area contributed by atoms with E-state index in [2.05, 4.69) is 21.2 Å². The molecule has 4 N–H and O–H groups in total. The standard InChI is InChI=1S/C17H18N4O3/c22-15(20-21-17(24)14-6-3-9-18-14)8-7-12-10-11-4-1-2-5-13(11)19-16(12)23/h1-6,9,12,18H,7-8,10H2,(H,19,23)(H,20,22)(H,21,24). The van der Waals surface area contributed by atoms with Crippen molar-refractivity contribution in [2.24, 2.45) is 5.92 Å². The van der Waals surface area contributed by atoms with Gasteiger partial charge in [-0.05, 0) is 36.6 Å². The van der Waals surface area contributed by atoms with E-state index in [1.165, 1.54) is 0 Å². The van der Waals surface area contributed by atoms with Crippen LogP contribution in [-0.2, 0) is 16.0 Å². The first-order valence-electron chi connectivity index (χ1n) is 7.75. The number of hydrogen-bond acceptors (Lipinski definition) is 3. The number of aromatic nitrogens is 1. The van der Waals surface area contributed by atoms with Crippen molar-refractivity contribution in [1.82, 2.24) is 15.8 Å². The average Bonchev–Trinajstić information content (AvgIpc) is 3.12. The Labute approximate surface area is 138 Å². The molecule has 24 heavy (non-hydrogen) atoms. The molecule has 0 aliphatic carbocycles. The number of aromatic amines is 1. The van der Waals surface area contributed by atoms with Crippen LogP contribution in [-0.4, -0.2) is 22.7 Å². The Morgan fingerprint density at radius 2 is 1.96 bits per heavy atom. The average molecular weight is 326 g/mol. The molecule has 0 fully saturated rings. The van der Waals surface area contributed by atoms with E-state index in [0.29, 0.717) is 18.5 Å². The third kappa shape index (κ3) is 3.62. The molecule has 2 heterocycles. The van der Waals surface area contributed by atoms with E-state index in [4.69, 9.17) is 0 Å². The van der Waals surface area contributed by atoms with Crippen LogP contribution in [0.2, 0.25) is 0 Å². The van der Waals surface area contributed by atoms with Gasteiger partial charge in [-0.25, -0.2) is 0 Å². The highest BCUT2D eigenvalue weighted by Crippen LogP contribution is 2.27. The molecule has 2 aromatic rings. The molecule has 1 aromatic carbocycles. The predicted octanol–water partition coefficient (Wildman–Crippen LogP) is 1.37. The number of nitrogens with one attached hydrogen (secondary N) is 4. The molecule has 0 bridgehead atoms. The SMILES string of the molecule is O=C(CCC1Cc2ccccc2NC1=O)NNC(=O)c1ccc[nH]1. The lowest BCUT2D eigenvalue weighted by atomic mass is 9.89. The third-order valence-electron chi connectivity index (χ3n) is 3.99. The molecular weight excluding hydrogens is 308 g/mol. The van der Waals surface area contributed by atoms with Crippen LogP contribution < -0.4 is 16.2 Å². The smallest absolute Gasteiger partial charge is 0.286 e. The lowest BCUT2D eigenvalue weighted by molar-refractivity contribution is -0.123. The van der Waals surface area contributed by atoms with Crippen LogP contribution >= 0.6 is 0 Å². The molecular formula is C17H18N4O3.